The first-order chi connectivity index (χ1) is 7.27. The van der Waals surface area contributed by atoms with Crippen molar-refractivity contribution >= 4 is 23.3 Å². The summed E-state index contributed by atoms with van der Waals surface area (Å²) in [6.07, 6.45) is 2.34. The van der Waals surface area contributed by atoms with Crippen LogP contribution in [-0.4, -0.2) is 18.1 Å². The van der Waals surface area contributed by atoms with Crippen molar-refractivity contribution in [2.24, 2.45) is 0 Å². The number of hydrogen-bond acceptors (Lipinski definition) is 3. The smallest absolute Gasteiger partial charge is 0.284 e. The van der Waals surface area contributed by atoms with Crippen LogP contribution in [0.25, 0.3) is 0 Å². The lowest BCUT2D eigenvalue weighted by atomic mass is 10.2. The van der Waals surface area contributed by atoms with E-state index in [0.29, 0.717) is 17.0 Å². The van der Waals surface area contributed by atoms with Crippen LogP contribution in [0.5, 0.6) is 0 Å². The molecule has 0 spiro atoms. The van der Waals surface area contributed by atoms with E-state index in [2.05, 4.69) is 11.9 Å². The molecule has 0 aliphatic rings. The molecule has 15 heavy (non-hydrogen) atoms. The van der Waals surface area contributed by atoms with Gasteiger partial charge < -0.3 is 5.32 Å². The Morgan fingerprint density at radius 1 is 1.47 bits per heavy atom. The van der Waals surface area contributed by atoms with Gasteiger partial charge >= 0.3 is 0 Å². The zero-order valence-corrected chi connectivity index (χ0v) is 8.92. The number of rotatable bonds is 4. The molecule has 1 aromatic carbocycles. The van der Waals surface area contributed by atoms with Gasteiger partial charge in [0.15, 0.2) is 6.29 Å². The van der Waals surface area contributed by atoms with Gasteiger partial charge in [-0.3, -0.25) is 9.59 Å². The molecule has 0 saturated heterocycles. The second kappa shape index (κ2) is 6.03. The standard InChI is InChI=1S/C11H11NO2S/c1-2-7-12-11(14)15-10-6-4-3-5-9(10)8-13/h2-6,8H,1,7H2,(H,12,14). The lowest BCUT2D eigenvalue weighted by Gasteiger charge is -2.03. The highest BCUT2D eigenvalue weighted by atomic mass is 32.2. The molecule has 0 bridgehead atoms. The highest BCUT2D eigenvalue weighted by Crippen LogP contribution is 2.21. The molecular weight excluding hydrogens is 210 g/mol. The van der Waals surface area contributed by atoms with Gasteiger partial charge in [0.25, 0.3) is 5.24 Å². The number of nitrogens with one attached hydrogen (secondary N) is 1. The SMILES string of the molecule is C=CCNC(=O)Sc1ccccc1C=O. The van der Waals surface area contributed by atoms with Crippen molar-refractivity contribution in [3.05, 3.63) is 42.5 Å². The molecule has 4 heteroatoms. The zero-order valence-electron chi connectivity index (χ0n) is 8.10. The highest BCUT2D eigenvalue weighted by Gasteiger charge is 2.06. The molecule has 78 valence electrons. The van der Waals surface area contributed by atoms with Gasteiger partial charge in [-0.1, -0.05) is 24.3 Å². The fourth-order valence-electron chi connectivity index (χ4n) is 0.962. The summed E-state index contributed by atoms with van der Waals surface area (Å²) < 4.78 is 0. The van der Waals surface area contributed by atoms with Crippen LogP contribution in [0.4, 0.5) is 4.79 Å². The Morgan fingerprint density at radius 3 is 2.87 bits per heavy atom. The lowest BCUT2D eigenvalue weighted by Crippen LogP contribution is -2.18. The van der Waals surface area contributed by atoms with Crippen molar-refractivity contribution < 1.29 is 9.59 Å². The Kier molecular flexibility index (Phi) is 4.63. The monoisotopic (exact) mass is 221 g/mol. The maximum atomic E-state index is 11.3. The van der Waals surface area contributed by atoms with Crippen LogP contribution in [0, 0.1) is 0 Å². The third-order valence-corrected chi connectivity index (χ3v) is 2.56. The summed E-state index contributed by atoms with van der Waals surface area (Å²) in [5.41, 5.74) is 0.524. The summed E-state index contributed by atoms with van der Waals surface area (Å²) in [6.45, 7) is 3.92. The van der Waals surface area contributed by atoms with E-state index in [1.165, 1.54) is 0 Å². The number of thioether (sulfide) groups is 1. The molecule has 1 N–H and O–H groups in total. The summed E-state index contributed by atoms with van der Waals surface area (Å²) >= 11 is 1.01. The molecule has 3 nitrogen and oxygen atoms in total. The van der Waals surface area contributed by atoms with Crippen LogP contribution >= 0.6 is 11.8 Å². The van der Waals surface area contributed by atoms with E-state index in [1.807, 2.05) is 0 Å². The number of carbonyl (C=O) groups is 2. The quantitative estimate of drug-likeness (QED) is 0.482. The lowest BCUT2D eigenvalue weighted by molar-refractivity contribution is 0.112. The highest BCUT2D eigenvalue weighted by molar-refractivity contribution is 8.13. The van der Waals surface area contributed by atoms with Gasteiger partial charge in [0.1, 0.15) is 0 Å². The van der Waals surface area contributed by atoms with Gasteiger partial charge in [-0.25, -0.2) is 0 Å². The molecule has 0 atom stereocenters. The second-order valence-corrected chi connectivity index (χ2v) is 3.73. The molecule has 0 radical (unpaired) electrons. The van der Waals surface area contributed by atoms with Crippen LogP contribution in [0.3, 0.4) is 0 Å². The van der Waals surface area contributed by atoms with E-state index in [9.17, 15) is 9.59 Å². The van der Waals surface area contributed by atoms with Crippen molar-refractivity contribution in [1.29, 1.82) is 0 Å². The molecule has 0 aliphatic heterocycles. The van der Waals surface area contributed by atoms with Gasteiger partial charge in [-0.15, -0.1) is 6.58 Å². The third kappa shape index (κ3) is 3.59. The normalized spacial score (nSPS) is 9.33. The molecular formula is C11H11NO2S. The van der Waals surface area contributed by atoms with E-state index in [1.54, 1.807) is 30.3 Å². The largest absolute Gasteiger partial charge is 0.343 e. The maximum Gasteiger partial charge on any atom is 0.284 e. The van der Waals surface area contributed by atoms with Gasteiger partial charge in [-0.05, 0) is 17.8 Å². The number of carbonyl (C=O) groups excluding carboxylic acids is 2. The van der Waals surface area contributed by atoms with Gasteiger partial charge in [0.2, 0.25) is 0 Å². The molecule has 1 rings (SSSR count). The van der Waals surface area contributed by atoms with Gasteiger partial charge in [-0.2, -0.15) is 0 Å². The van der Waals surface area contributed by atoms with Crippen molar-refractivity contribution in [3.63, 3.8) is 0 Å². The first-order valence-corrected chi connectivity index (χ1v) is 5.20. The van der Waals surface area contributed by atoms with Gasteiger partial charge in [0.05, 0.1) is 0 Å². The van der Waals surface area contributed by atoms with E-state index >= 15 is 0 Å². The Hall–Kier alpha value is -1.55. The summed E-state index contributed by atoms with van der Waals surface area (Å²) in [5, 5.41) is 2.43. The van der Waals surface area contributed by atoms with Crippen LogP contribution in [0.15, 0.2) is 41.8 Å². The summed E-state index contributed by atoms with van der Waals surface area (Å²) in [7, 11) is 0. The molecule has 0 saturated carbocycles. The average molecular weight is 221 g/mol. The van der Waals surface area contributed by atoms with Crippen LogP contribution in [0.2, 0.25) is 0 Å². The Morgan fingerprint density at radius 2 is 2.20 bits per heavy atom. The maximum absolute atomic E-state index is 11.3. The van der Waals surface area contributed by atoms with Crippen LogP contribution < -0.4 is 5.32 Å². The molecule has 0 aromatic heterocycles. The van der Waals surface area contributed by atoms with E-state index in [4.69, 9.17) is 0 Å². The number of benzene rings is 1. The van der Waals surface area contributed by atoms with Crippen molar-refractivity contribution in [1.82, 2.24) is 5.32 Å². The minimum Gasteiger partial charge on any atom is -0.343 e. The predicted molar refractivity (Wildman–Crippen MR) is 61.3 cm³/mol. The molecule has 0 fully saturated rings. The first kappa shape index (κ1) is 11.5. The van der Waals surface area contributed by atoms with E-state index < -0.39 is 0 Å². The van der Waals surface area contributed by atoms with Crippen molar-refractivity contribution in [2.75, 3.05) is 6.54 Å². The predicted octanol–water partition coefficient (Wildman–Crippen LogP) is 2.49. The average Bonchev–Trinajstić information content (AvgIpc) is 2.27. The number of hydrogen-bond donors (Lipinski definition) is 1. The molecule has 0 unspecified atom stereocenters. The zero-order chi connectivity index (χ0) is 11.1. The number of aldehydes is 1. The Bertz CT molecular complexity index is 377. The van der Waals surface area contributed by atoms with E-state index in [0.717, 1.165) is 18.0 Å². The summed E-state index contributed by atoms with van der Waals surface area (Å²) in [5.74, 6) is 0. The first-order valence-electron chi connectivity index (χ1n) is 4.38. The molecule has 0 aliphatic carbocycles. The molecule has 1 amide bonds. The fourth-order valence-corrected chi connectivity index (χ4v) is 1.70. The summed E-state index contributed by atoms with van der Waals surface area (Å²) in [4.78, 5) is 22.7. The van der Waals surface area contributed by atoms with Crippen LogP contribution in [0.1, 0.15) is 10.4 Å². The Labute approximate surface area is 92.6 Å². The number of amides is 1. The Balaban J connectivity index is 2.67. The minimum absolute atomic E-state index is 0.191. The van der Waals surface area contributed by atoms with Crippen molar-refractivity contribution in [3.8, 4) is 0 Å². The van der Waals surface area contributed by atoms with Gasteiger partial charge in [0, 0.05) is 17.0 Å². The van der Waals surface area contributed by atoms with E-state index in [-0.39, 0.29) is 5.24 Å². The molecule has 1 aromatic rings. The summed E-state index contributed by atoms with van der Waals surface area (Å²) in [6, 6.07) is 6.96. The third-order valence-electron chi connectivity index (χ3n) is 1.64. The fraction of sp³-hybridized carbons (Fsp3) is 0.0909. The van der Waals surface area contributed by atoms with Crippen LogP contribution in [-0.2, 0) is 0 Å². The van der Waals surface area contributed by atoms with Crippen molar-refractivity contribution in [2.45, 2.75) is 4.90 Å². The topological polar surface area (TPSA) is 46.2 Å². The second-order valence-electron chi connectivity index (χ2n) is 2.71. The minimum atomic E-state index is -0.191. The molecule has 0 heterocycles.